The second kappa shape index (κ2) is 9.80. The minimum Gasteiger partial charge on any atom is -0.285 e. The summed E-state index contributed by atoms with van der Waals surface area (Å²) in [5.41, 5.74) is 1.82. The number of alkyl halides is 1. The Balaban J connectivity index is 1.58. The van der Waals surface area contributed by atoms with E-state index in [1.54, 1.807) is 11.9 Å². The van der Waals surface area contributed by atoms with Gasteiger partial charge < -0.3 is 0 Å². The van der Waals surface area contributed by atoms with Crippen molar-refractivity contribution in [2.45, 2.75) is 14.8 Å². The van der Waals surface area contributed by atoms with E-state index in [4.69, 9.17) is 23.2 Å². The van der Waals surface area contributed by atoms with E-state index >= 15 is 0 Å². The fourth-order valence-electron chi connectivity index (χ4n) is 2.78. The van der Waals surface area contributed by atoms with Gasteiger partial charge in [0, 0.05) is 26.8 Å². The zero-order valence-electron chi connectivity index (χ0n) is 15.9. The smallest absolute Gasteiger partial charge is 0.163 e. The highest BCUT2D eigenvalue weighted by Crippen LogP contribution is 2.41. The second-order valence-electron chi connectivity index (χ2n) is 6.49. The minimum atomic E-state index is -0.842. The predicted octanol–water partition coefficient (Wildman–Crippen LogP) is 8.06. The maximum Gasteiger partial charge on any atom is 0.163 e. The molecule has 0 fully saturated rings. The van der Waals surface area contributed by atoms with Gasteiger partial charge in [-0.05, 0) is 84.8 Å². The van der Waals surface area contributed by atoms with E-state index in [9.17, 15) is 0 Å². The van der Waals surface area contributed by atoms with Gasteiger partial charge in [0.15, 0.2) is 5.00 Å². The molecule has 0 saturated heterocycles. The Morgan fingerprint density at radius 1 is 0.733 bits per heavy atom. The van der Waals surface area contributed by atoms with E-state index in [-0.39, 0.29) is 0 Å². The average molecular weight is 469 g/mol. The van der Waals surface area contributed by atoms with Crippen molar-refractivity contribution < 1.29 is 0 Å². The van der Waals surface area contributed by atoms with Crippen LogP contribution in [0.3, 0.4) is 0 Å². The van der Waals surface area contributed by atoms with Crippen LogP contribution in [-0.4, -0.2) is 10.7 Å². The summed E-state index contributed by atoms with van der Waals surface area (Å²) < 4.78 is 6.67. The topological polar surface area (TPSA) is 15.6 Å². The maximum absolute atomic E-state index is 7.08. The monoisotopic (exact) mass is 468 g/mol. The van der Waals surface area contributed by atoms with E-state index in [1.807, 2.05) is 97.1 Å². The maximum atomic E-state index is 7.08. The summed E-state index contributed by atoms with van der Waals surface area (Å²) in [5, 5.41) is 0.689. The lowest BCUT2D eigenvalue weighted by molar-refractivity contribution is 0.923. The molecule has 0 aliphatic heterocycles. The van der Waals surface area contributed by atoms with E-state index in [0.717, 1.165) is 21.2 Å². The van der Waals surface area contributed by atoms with Gasteiger partial charge in [-0.15, -0.1) is 0 Å². The molecule has 30 heavy (non-hydrogen) atoms. The van der Waals surface area contributed by atoms with Gasteiger partial charge in [0.2, 0.25) is 0 Å². The number of anilines is 1. The van der Waals surface area contributed by atoms with Crippen LogP contribution in [0.2, 0.25) is 5.02 Å². The molecule has 150 valence electrons. The molecular weight excluding hydrogens is 451 g/mol. The summed E-state index contributed by atoms with van der Waals surface area (Å²) in [5.74, 6) is 0. The normalized spacial score (nSPS) is 17.7. The Labute approximate surface area is 195 Å². The van der Waals surface area contributed by atoms with Crippen molar-refractivity contribution in [3.05, 3.63) is 114 Å². The zero-order chi connectivity index (χ0) is 20.8. The fourth-order valence-corrected chi connectivity index (χ4v) is 4.83. The van der Waals surface area contributed by atoms with Crippen molar-refractivity contribution in [1.82, 2.24) is 0 Å². The van der Waals surface area contributed by atoms with Crippen LogP contribution in [0.1, 0.15) is 0 Å². The summed E-state index contributed by atoms with van der Waals surface area (Å²) >= 11 is 16.2. The summed E-state index contributed by atoms with van der Waals surface area (Å²) in [6, 6.07) is 27.9. The van der Waals surface area contributed by atoms with Crippen LogP contribution < -0.4 is 4.31 Å². The molecule has 0 aromatic heterocycles. The van der Waals surface area contributed by atoms with Gasteiger partial charge in [-0.25, -0.2) is 4.40 Å². The van der Waals surface area contributed by atoms with E-state index < -0.39 is 5.00 Å². The Morgan fingerprint density at radius 3 is 1.90 bits per heavy atom. The quantitative estimate of drug-likeness (QED) is 0.206. The van der Waals surface area contributed by atoms with Crippen LogP contribution in [0.15, 0.2) is 123 Å². The number of allylic oxidation sites excluding steroid dienone is 2. The van der Waals surface area contributed by atoms with Crippen molar-refractivity contribution >= 4 is 58.5 Å². The van der Waals surface area contributed by atoms with Crippen molar-refractivity contribution in [1.29, 1.82) is 0 Å². The number of benzene rings is 3. The Morgan fingerprint density at radius 2 is 1.30 bits per heavy atom. The van der Waals surface area contributed by atoms with Crippen molar-refractivity contribution in [3.63, 3.8) is 0 Å². The van der Waals surface area contributed by atoms with Gasteiger partial charge >= 0.3 is 0 Å². The van der Waals surface area contributed by atoms with Gasteiger partial charge in [-0.3, -0.25) is 4.31 Å². The summed E-state index contributed by atoms with van der Waals surface area (Å²) in [6.07, 6.45) is 7.84. The first-order valence-electron chi connectivity index (χ1n) is 9.29. The standard InChI is InChI=1S/C24H18Cl2N2S2/c25-19-11-13-21(14-12-19)28(30-23-9-5-2-6-10-23)24(26)17-15-20(16-18-24)27-29-22-7-3-1-4-8-22/h1-18H. The lowest BCUT2D eigenvalue weighted by atomic mass is 10.1. The summed E-state index contributed by atoms with van der Waals surface area (Å²) in [7, 11) is 0. The zero-order valence-corrected chi connectivity index (χ0v) is 19.0. The lowest BCUT2D eigenvalue weighted by Gasteiger charge is -2.36. The summed E-state index contributed by atoms with van der Waals surface area (Å²) in [6.45, 7) is 0. The highest BCUT2D eigenvalue weighted by Gasteiger charge is 2.33. The van der Waals surface area contributed by atoms with Gasteiger partial charge in [0.05, 0.1) is 11.4 Å². The largest absolute Gasteiger partial charge is 0.285 e. The van der Waals surface area contributed by atoms with Crippen LogP contribution in [0.25, 0.3) is 0 Å². The first-order chi connectivity index (χ1) is 14.6. The molecule has 0 amide bonds. The lowest BCUT2D eigenvalue weighted by Crippen LogP contribution is -2.37. The molecule has 0 N–H and O–H groups in total. The first-order valence-corrected chi connectivity index (χ1v) is 11.6. The van der Waals surface area contributed by atoms with Gasteiger partial charge in [-0.1, -0.05) is 59.6 Å². The average Bonchev–Trinajstić information content (AvgIpc) is 2.79. The molecule has 0 bridgehead atoms. The second-order valence-corrected chi connectivity index (χ2v) is 9.39. The van der Waals surface area contributed by atoms with Gasteiger partial charge in [-0.2, -0.15) is 0 Å². The van der Waals surface area contributed by atoms with E-state index in [0.29, 0.717) is 5.02 Å². The number of hydrogen-bond acceptors (Lipinski definition) is 4. The minimum absolute atomic E-state index is 0.689. The third kappa shape index (κ3) is 5.32. The van der Waals surface area contributed by atoms with Crippen molar-refractivity contribution in [2.24, 2.45) is 4.40 Å². The molecule has 6 heteroatoms. The molecule has 0 radical (unpaired) electrons. The van der Waals surface area contributed by atoms with Crippen LogP contribution >= 0.6 is 47.1 Å². The van der Waals surface area contributed by atoms with Crippen LogP contribution in [0.4, 0.5) is 5.69 Å². The SMILES string of the molecule is Clc1ccc(N(Sc2ccccc2)C2(Cl)C=CC(=NSc3ccccc3)C=C2)cc1. The van der Waals surface area contributed by atoms with E-state index in [1.165, 1.54) is 11.9 Å². The van der Waals surface area contributed by atoms with Gasteiger partial charge in [0.25, 0.3) is 0 Å². The van der Waals surface area contributed by atoms with Crippen LogP contribution in [0.5, 0.6) is 0 Å². The molecule has 0 atom stereocenters. The highest BCUT2D eigenvalue weighted by atomic mass is 35.5. The Bertz CT molecular complexity index is 1050. The molecule has 3 aromatic carbocycles. The van der Waals surface area contributed by atoms with E-state index in [2.05, 4.69) is 20.8 Å². The number of nitrogens with zero attached hydrogens (tertiary/aromatic N) is 2. The van der Waals surface area contributed by atoms with Crippen molar-refractivity contribution in [2.75, 3.05) is 4.31 Å². The molecule has 2 nitrogen and oxygen atoms in total. The molecule has 3 aromatic rings. The van der Waals surface area contributed by atoms with Gasteiger partial charge in [0.1, 0.15) is 0 Å². The molecule has 1 aliphatic rings. The van der Waals surface area contributed by atoms with Crippen LogP contribution in [-0.2, 0) is 0 Å². The van der Waals surface area contributed by atoms with Crippen LogP contribution in [0, 0.1) is 0 Å². The van der Waals surface area contributed by atoms with Crippen molar-refractivity contribution in [3.8, 4) is 0 Å². The molecule has 0 heterocycles. The highest BCUT2D eigenvalue weighted by molar-refractivity contribution is 8.00. The third-order valence-corrected chi connectivity index (χ3v) is 7.02. The Hall–Kier alpha value is -2.11. The number of halogens is 2. The predicted molar refractivity (Wildman–Crippen MR) is 133 cm³/mol. The number of hydrogen-bond donors (Lipinski definition) is 0. The molecule has 4 rings (SSSR count). The molecular formula is C24H18Cl2N2S2. The molecule has 0 saturated carbocycles. The number of rotatable bonds is 6. The molecule has 0 unspecified atom stereocenters. The molecule has 1 aliphatic carbocycles. The molecule has 0 spiro atoms. The summed E-state index contributed by atoms with van der Waals surface area (Å²) in [4.78, 5) is 1.34. The Kier molecular flexibility index (Phi) is 6.90. The fraction of sp³-hybridized carbons (Fsp3) is 0.0417. The third-order valence-electron chi connectivity index (χ3n) is 4.29. The first kappa shape index (κ1) is 21.1.